The molecule has 0 aliphatic heterocycles. The third-order valence-corrected chi connectivity index (χ3v) is 5.76. The number of benzene rings is 2. The van der Waals surface area contributed by atoms with E-state index >= 15 is 0 Å². The molecule has 0 saturated heterocycles. The maximum absolute atomic E-state index is 12.4. The van der Waals surface area contributed by atoms with Crippen molar-refractivity contribution in [2.75, 3.05) is 18.5 Å². The number of hydrogen-bond donors (Lipinski definition) is 1. The maximum Gasteiger partial charge on any atom is 0.337 e. The quantitative estimate of drug-likeness (QED) is 0.752. The Balaban J connectivity index is 2.44. The summed E-state index contributed by atoms with van der Waals surface area (Å²) in [6.45, 7) is -0.0276. The molecule has 134 valence electrons. The number of ether oxygens (including phenoxy) is 1. The van der Waals surface area contributed by atoms with Crippen molar-refractivity contribution < 1.29 is 17.9 Å². The Kier molecular flexibility index (Phi) is 6.29. The van der Waals surface area contributed by atoms with Gasteiger partial charge in [-0.05, 0) is 35.9 Å². The summed E-state index contributed by atoms with van der Waals surface area (Å²) >= 11 is 12.2. The average molecular weight is 403 g/mol. The Morgan fingerprint density at radius 1 is 1.16 bits per heavy atom. The summed E-state index contributed by atoms with van der Waals surface area (Å²) < 4.78 is 32.9. The van der Waals surface area contributed by atoms with Gasteiger partial charge < -0.3 is 4.74 Å². The molecule has 0 spiro atoms. The zero-order valence-electron chi connectivity index (χ0n) is 13.5. The molecule has 9 heteroatoms. The van der Waals surface area contributed by atoms with Gasteiger partial charge in [0.05, 0.1) is 35.0 Å². The van der Waals surface area contributed by atoms with Crippen molar-refractivity contribution in [3.63, 3.8) is 0 Å². The number of halogens is 2. The number of esters is 1. The monoisotopic (exact) mass is 402 g/mol. The molecular formula is C16H16Cl2N2O4S. The molecule has 0 aliphatic carbocycles. The van der Waals surface area contributed by atoms with Gasteiger partial charge in [0.2, 0.25) is 0 Å². The maximum atomic E-state index is 12.4. The van der Waals surface area contributed by atoms with Crippen LogP contribution in [0, 0.1) is 0 Å². The highest BCUT2D eigenvalue weighted by atomic mass is 35.5. The van der Waals surface area contributed by atoms with Crippen LogP contribution in [0.5, 0.6) is 0 Å². The number of nitrogens with zero attached hydrogens (tertiary/aromatic N) is 1. The van der Waals surface area contributed by atoms with E-state index in [4.69, 9.17) is 23.2 Å². The van der Waals surface area contributed by atoms with Crippen molar-refractivity contribution >= 4 is 45.1 Å². The van der Waals surface area contributed by atoms with Crippen LogP contribution in [-0.2, 0) is 21.5 Å². The van der Waals surface area contributed by atoms with Gasteiger partial charge in [-0.2, -0.15) is 8.42 Å². The molecule has 1 N–H and O–H groups in total. The molecule has 0 radical (unpaired) electrons. The lowest BCUT2D eigenvalue weighted by Gasteiger charge is -2.24. The molecule has 0 bridgehead atoms. The first-order valence-corrected chi connectivity index (χ1v) is 9.32. The van der Waals surface area contributed by atoms with Gasteiger partial charge in [0, 0.05) is 7.05 Å². The Morgan fingerprint density at radius 3 is 2.36 bits per heavy atom. The molecule has 0 unspecified atom stereocenters. The third kappa shape index (κ3) is 4.43. The predicted octanol–water partition coefficient (Wildman–Crippen LogP) is 3.25. The van der Waals surface area contributed by atoms with Gasteiger partial charge in [0.25, 0.3) is 0 Å². The molecule has 0 saturated carbocycles. The van der Waals surface area contributed by atoms with Gasteiger partial charge in [-0.3, -0.25) is 4.31 Å². The number of carbonyl (C=O) groups excluding carboxylic acids is 1. The van der Waals surface area contributed by atoms with Crippen LogP contribution in [0.1, 0.15) is 15.9 Å². The Bertz CT molecular complexity index is 870. The van der Waals surface area contributed by atoms with E-state index in [9.17, 15) is 13.2 Å². The van der Waals surface area contributed by atoms with Gasteiger partial charge in [-0.1, -0.05) is 35.3 Å². The second kappa shape index (κ2) is 8.05. The number of hydrogen-bond acceptors (Lipinski definition) is 4. The highest BCUT2D eigenvalue weighted by molar-refractivity contribution is 7.90. The van der Waals surface area contributed by atoms with Crippen LogP contribution in [-0.4, -0.2) is 28.5 Å². The van der Waals surface area contributed by atoms with Crippen LogP contribution < -0.4 is 9.03 Å². The number of nitrogens with one attached hydrogen (secondary N) is 1. The standard InChI is InChI=1S/C16H16Cl2N2O4S/c1-19-25(22,23)20(10-12-4-3-5-14(17)15(12)18)13-8-6-11(7-9-13)16(21)24-2/h3-9,19H,10H2,1-2H3. The molecule has 0 heterocycles. The van der Waals surface area contributed by atoms with E-state index in [1.54, 1.807) is 18.2 Å². The van der Waals surface area contributed by atoms with Gasteiger partial charge >= 0.3 is 16.2 Å². The molecule has 2 rings (SSSR count). The topological polar surface area (TPSA) is 75.7 Å². The molecular weight excluding hydrogens is 387 g/mol. The van der Waals surface area contributed by atoms with Gasteiger partial charge in [-0.25, -0.2) is 9.52 Å². The minimum Gasteiger partial charge on any atom is -0.465 e. The fourth-order valence-corrected chi connectivity index (χ4v) is 3.44. The molecule has 25 heavy (non-hydrogen) atoms. The van der Waals surface area contributed by atoms with Crippen molar-refractivity contribution in [1.82, 2.24) is 4.72 Å². The van der Waals surface area contributed by atoms with Crippen LogP contribution in [0.25, 0.3) is 0 Å². The van der Waals surface area contributed by atoms with E-state index < -0.39 is 16.2 Å². The van der Waals surface area contributed by atoms with E-state index in [0.29, 0.717) is 21.8 Å². The fourth-order valence-electron chi connectivity index (χ4n) is 2.13. The summed E-state index contributed by atoms with van der Waals surface area (Å²) in [7, 11) is -1.23. The van der Waals surface area contributed by atoms with Crippen molar-refractivity contribution in [2.45, 2.75) is 6.54 Å². The first-order valence-electron chi connectivity index (χ1n) is 7.12. The highest BCUT2D eigenvalue weighted by Crippen LogP contribution is 2.29. The number of methoxy groups -OCH3 is 1. The Labute approximate surface area is 156 Å². The molecule has 2 aromatic carbocycles. The summed E-state index contributed by atoms with van der Waals surface area (Å²) in [5.41, 5.74) is 1.22. The summed E-state index contributed by atoms with van der Waals surface area (Å²) in [5.74, 6) is -0.507. The largest absolute Gasteiger partial charge is 0.465 e. The Hall–Kier alpha value is -1.80. The molecule has 6 nitrogen and oxygen atoms in total. The SMILES string of the molecule is CNS(=O)(=O)N(Cc1cccc(Cl)c1Cl)c1ccc(C(=O)OC)cc1. The van der Waals surface area contributed by atoms with Crippen molar-refractivity contribution in [3.05, 3.63) is 63.6 Å². The number of anilines is 1. The van der Waals surface area contributed by atoms with E-state index in [0.717, 1.165) is 4.31 Å². The summed E-state index contributed by atoms with van der Waals surface area (Å²) in [4.78, 5) is 11.5. The first-order chi connectivity index (χ1) is 11.8. The second-order valence-corrected chi connectivity index (χ2v) is 7.55. The van der Waals surface area contributed by atoms with Gasteiger partial charge in [0.15, 0.2) is 0 Å². The normalized spacial score (nSPS) is 11.2. The minimum absolute atomic E-state index is 0.0276. The zero-order chi connectivity index (χ0) is 18.6. The van der Waals surface area contributed by atoms with E-state index in [2.05, 4.69) is 9.46 Å². The van der Waals surface area contributed by atoms with Crippen LogP contribution in [0.2, 0.25) is 10.0 Å². The van der Waals surface area contributed by atoms with Crippen molar-refractivity contribution in [3.8, 4) is 0 Å². The fraction of sp³-hybridized carbons (Fsp3) is 0.188. The average Bonchev–Trinajstić information content (AvgIpc) is 2.62. The smallest absolute Gasteiger partial charge is 0.337 e. The van der Waals surface area contributed by atoms with Gasteiger partial charge in [0.1, 0.15) is 0 Å². The predicted molar refractivity (Wildman–Crippen MR) is 98.4 cm³/mol. The number of rotatable bonds is 6. The minimum atomic E-state index is -3.81. The van der Waals surface area contributed by atoms with Crippen molar-refractivity contribution in [2.24, 2.45) is 0 Å². The van der Waals surface area contributed by atoms with E-state index in [1.165, 1.54) is 38.4 Å². The lowest BCUT2D eigenvalue weighted by atomic mass is 10.2. The highest BCUT2D eigenvalue weighted by Gasteiger charge is 2.23. The zero-order valence-corrected chi connectivity index (χ0v) is 15.8. The van der Waals surface area contributed by atoms with E-state index in [-0.39, 0.29) is 11.6 Å². The lowest BCUT2D eigenvalue weighted by molar-refractivity contribution is 0.0601. The molecule has 0 fully saturated rings. The van der Waals surface area contributed by atoms with Crippen LogP contribution in [0.4, 0.5) is 5.69 Å². The summed E-state index contributed by atoms with van der Waals surface area (Å²) in [6.07, 6.45) is 0. The molecule has 2 aromatic rings. The van der Waals surface area contributed by atoms with E-state index in [1.807, 2.05) is 0 Å². The number of carbonyl (C=O) groups is 1. The summed E-state index contributed by atoms with van der Waals surface area (Å²) in [6, 6.07) is 11.0. The molecule has 0 aliphatic rings. The second-order valence-electron chi connectivity index (χ2n) is 4.97. The summed E-state index contributed by atoms with van der Waals surface area (Å²) in [5, 5.41) is 0.619. The van der Waals surface area contributed by atoms with Crippen LogP contribution in [0.3, 0.4) is 0 Å². The third-order valence-electron chi connectivity index (χ3n) is 3.47. The van der Waals surface area contributed by atoms with Crippen LogP contribution >= 0.6 is 23.2 Å². The first kappa shape index (κ1) is 19.5. The van der Waals surface area contributed by atoms with Crippen molar-refractivity contribution in [1.29, 1.82) is 0 Å². The molecule has 0 atom stereocenters. The Morgan fingerprint density at radius 2 is 1.80 bits per heavy atom. The molecule has 0 aromatic heterocycles. The lowest BCUT2D eigenvalue weighted by Crippen LogP contribution is -2.38. The molecule has 0 amide bonds. The van der Waals surface area contributed by atoms with Gasteiger partial charge in [-0.15, -0.1) is 0 Å². The van der Waals surface area contributed by atoms with Crippen LogP contribution in [0.15, 0.2) is 42.5 Å².